The molecule has 0 bridgehead atoms. The molecule has 10 heteroatoms. The van der Waals surface area contributed by atoms with Gasteiger partial charge in [-0.1, -0.05) is 395 Å². The van der Waals surface area contributed by atoms with Crippen LogP contribution in [0.5, 0.6) is 0 Å². The van der Waals surface area contributed by atoms with E-state index in [4.69, 9.17) is 29.9 Å². The SMILES string of the molecule is CC1(C)c2ccccc2N(c2cc(-c3nc(-c4ccc(-c5ccccc5)cc4)nc(-c4ccc(-c5ccccc5)cc4)n3)cc(N3c4ccccc4C(C)(C)c4ccccc43)c2)c2ccccc21.CC1(C)c2ccccc2N(c2cc(-c3nc(-c4ccccc4)nc(-c4ccc(-c5ccccc5)cc4)n3)cc(N3c4ccccc4C(C)(C)c4ccccc43)c2)c2ccccc21. The first kappa shape index (κ1) is 79.8. The zero-order chi connectivity index (χ0) is 88.0. The van der Waals surface area contributed by atoms with Crippen LogP contribution in [0.2, 0.25) is 0 Å². The number of rotatable bonds is 13. The Morgan fingerprint density at radius 3 is 0.469 bits per heavy atom. The van der Waals surface area contributed by atoms with Crippen LogP contribution in [0, 0.1) is 0 Å². The number of benzene rings is 17. The molecule has 6 heterocycles. The summed E-state index contributed by atoms with van der Waals surface area (Å²) in [5.41, 5.74) is 34.9. The van der Waals surface area contributed by atoms with Gasteiger partial charge in [-0.05, 0) is 163 Å². The predicted molar refractivity (Wildman–Crippen MR) is 536 cm³/mol. The molecule has 0 radical (unpaired) electrons. The maximum atomic E-state index is 5.40. The first-order valence-electron chi connectivity index (χ1n) is 44.8. The normalized spacial score (nSPS) is 14.2. The van der Waals surface area contributed by atoms with Crippen molar-refractivity contribution in [2.24, 2.45) is 0 Å². The average molecular weight is 1680 g/mol. The minimum atomic E-state index is -0.218. The number of anilines is 12. The molecule has 0 unspecified atom stereocenters. The molecule has 0 atom stereocenters. The molecule has 0 amide bonds. The fourth-order valence-electron chi connectivity index (χ4n) is 20.2. The number of fused-ring (bicyclic) bond motifs is 8. The molecule has 17 aromatic carbocycles. The number of para-hydroxylation sites is 8. The van der Waals surface area contributed by atoms with E-state index >= 15 is 0 Å². The van der Waals surface area contributed by atoms with E-state index in [0.717, 1.165) is 135 Å². The van der Waals surface area contributed by atoms with Gasteiger partial charge in [-0.3, -0.25) is 0 Å². The lowest BCUT2D eigenvalue weighted by Gasteiger charge is -2.43. The van der Waals surface area contributed by atoms with E-state index in [1.807, 2.05) is 36.4 Å². The zero-order valence-electron chi connectivity index (χ0n) is 73.9. The summed E-state index contributed by atoms with van der Waals surface area (Å²) < 4.78 is 0. The van der Waals surface area contributed by atoms with E-state index in [2.05, 4.69) is 463 Å². The summed E-state index contributed by atoms with van der Waals surface area (Å²) in [6, 6.07) is 152. The fourth-order valence-corrected chi connectivity index (χ4v) is 20.2. The number of nitrogens with zero attached hydrogens (tertiary/aromatic N) is 10. The monoisotopic (exact) mass is 1670 g/mol. The zero-order valence-corrected chi connectivity index (χ0v) is 73.9. The van der Waals surface area contributed by atoms with Crippen molar-refractivity contribution in [3.8, 4) is 102 Å². The van der Waals surface area contributed by atoms with E-state index < -0.39 is 0 Å². The molecule has 4 aliphatic heterocycles. The Labute approximate surface area is 760 Å². The summed E-state index contributed by atoms with van der Waals surface area (Å²) in [5, 5.41) is 0. The highest BCUT2D eigenvalue weighted by Crippen LogP contribution is 2.59. The Balaban J connectivity index is 0.000000153. The lowest BCUT2D eigenvalue weighted by molar-refractivity contribution is 0.631. The fraction of sp³-hybridized carbons (Fsp3) is 0.100. The molecular weight excluding hydrogens is 1580 g/mol. The van der Waals surface area contributed by atoms with E-state index in [9.17, 15) is 0 Å². The van der Waals surface area contributed by atoms with Crippen LogP contribution in [0.15, 0.2) is 425 Å². The van der Waals surface area contributed by atoms with Gasteiger partial charge in [0.15, 0.2) is 34.9 Å². The molecule has 0 saturated carbocycles. The summed E-state index contributed by atoms with van der Waals surface area (Å²) in [4.78, 5) is 41.5. The van der Waals surface area contributed by atoms with Crippen molar-refractivity contribution in [2.75, 3.05) is 19.6 Å². The van der Waals surface area contributed by atoms with Gasteiger partial charge in [-0.2, -0.15) is 0 Å². The third-order valence-corrected chi connectivity index (χ3v) is 27.0. The van der Waals surface area contributed by atoms with E-state index in [-0.39, 0.29) is 21.7 Å². The quantitative estimate of drug-likeness (QED) is 0.111. The molecule has 0 N–H and O–H groups in total. The van der Waals surface area contributed by atoms with Crippen LogP contribution in [-0.2, 0) is 21.7 Å². The van der Waals surface area contributed by atoms with Crippen LogP contribution in [0.1, 0.15) is 99.9 Å². The third-order valence-electron chi connectivity index (χ3n) is 27.0. The number of hydrogen-bond donors (Lipinski definition) is 0. The van der Waals surface area contributed by atoms with Gasteiger partial charge >= 0.3 is 0 Å². The van der Waals surface area contributed by atoms with Gasteiger partial charge in [0.25, 0.3) is 0 Å². The second-order valence-corrected chi connectivity index (χ2v) is 36.3. The second kappa shape index (κ2) is 32.1. The predicted octanol–water partition coefficient (Wildman–Crippen LogP) is 31.2. The van der Waals surface area contributed by atoms with Gasteiger partial charge < -0.3 is 19.6 Å². The number of aromatic nitrogens is 6. The van der Waals surface area contributed by atoms with Gasteiger partial charge in [0.05, 0.1) is 45.5 Å². The van der Waals surface area contributed by atoms with Gasteiger partial charge in [-0.15, -0.1) is 0 Å². The minimum Gasteiger partial charge on any atom is -0.310 e. The van der Waals surface area contributed by atoms with Crippen LogP contribution < -0.4 is 19.6 Å². The molecule has 0 fully saturated rings. The van der Waals surface area contributed by atoms with Crippen molar-refractivity contribution >= 4 is 68.2 Å². The van der Waals surface area contributed by atoms with Crippen molar-refractivity contribution in [2.45, 2.75) is 77.0 Å². The molecule has 0 spiro atoms. The van der Waals surface area contributed by atoms with Crippen LogP contribution in [-0.4, -0.2) is 29.9 Å². The van der Waals surface area contributed by atoms with Crippen LogP contribution in [0.4, 0.5) is 68.2 Å². The lowest BCUT2D eigenvalue weighted by Crippen LogP contribution is -2.31. The molecule has 2 aromatic heterocycles. The highest BCUT2D eigenvalue weighted by atomic mass is 15.2. The molecule has 10 nitrogen and oxygen atoms in total. The maximum Gasteiger partial charge on any atom is 0.164 e. The Morgan fingerprint density at radius 1 is 0.138 bits per heavy atom. The standard InChI is InChI=1S/C63H49N5.C57H45N5/c1-62(2)51-23-11-15-27-55(51)67(56-28-16-12-24-52(56)62)49-39-48(40-50(41-49)68-57-29-17-13-25-53(57)63(3,4)54-26-14-18-30-58(54)68)61-65-59(46-35-31-44(32-36-46)42-19-7-5-8-20-42)64-60(66-61)47-37-33-45(34-38-47)43-21-9-6-10-22-43;1-56(2)45-23-11-15-27-49(45)61(50-28-16-12-24-46(50)56)43-35-42(36-44(37-43)62-51-29-17-13-25-47(51)57(3,4)48-26-14-18-30-52(48)62)55-59-53(40-21-9-6-10-22-40)58-54(60-55)41-33-31-39(32-34-41)38-19-7-5-8-20-38/h5-41H,1-4H3;5-37H,1-4H3. The minimum absolute atomic E-state index is 0.204. The van der Waals surface area contributed by atoms with Crippen molar-refractivity contribution in [1.29, 1.82) is 0 Å². The first-order valence-corrected chi connectivity index (χ1v) is 44.8. The first-order chi connectivity index (χ1) is 63.5. The second-order valence-electron chi connectivity index (χ2n) is 36.3. The highest BCUT2D eigenvalue weighted by Gasteiger charge is 2.43. The smallest absolute Gasteiger partial charge is 0.164 e. The molecule has 0 saturated heterocycles. The van der Waals surface area contributed by atoms with Crippen LogP contribution in [0.3, 0.4) is 0 Å². The van der Waals surface area contributed by atoms with Crippen molar-refractivity contribution in [3.63, 3.8) is 0 Å². The summed E-state index contributed by atoms with van der Waals surface area (Å²) in [6.45, 7) is 18.7. The Bertz CT molecular complexity index is 6990. The Morgan fingerprint density at radius 2 is 0.277 bits per heavy atom. The van der Waals surface area contributed by atoms with Gasteiger partial charge in [0, 0.05) is 77.8 Å². The Kier molecular flexibility index (Phi) is 19.7. The van der Waals surface area contributed by atoms with E-state index in [1.165, 1.54) is 44.5 Å². The summed E-state index contributed by atoms with van der Waals surface area (Å²) in [6.07, 6.45) is 0. The van der Waals surface area contributed by atoms with Crippen molar-refractivity contribution in [1.82, 2.24) is 29.9 Å². The molecule has 624 valence electrons. The topological polar surface area (TPSA) is 90.3 Å². The molecule has 130 heavy (non-hydrogen) atoms. The van der Waals surface area contributed by atoms with Crippen molar-refractivity contribution < 1.29 is 0 Å². The molecular formula is C120H94N10. The Hall–Kier alpha value is -16.0. The number of hydrogen-bond acceptors (Lipinski definition) is 10. The molecule has 4 aliphatic rings. The third kappa shape index (κ3) is 14.0. The van der Waals surface area contributed by atoms with Gasteiger partial charge in [0.1, 0.15) is 0 Å². The van der Waals surface area contributed by atoms with E-state index in [0.29, 0.717) is 34.9 Å². The maximum absolute atomic E-state index is 5.40. The molecule has 23 rings (SSSR count). The largest absolute Gasteiger partial charge is 0.310 e. The van der Waals surface area contributed by atoms with Crippen LogP contribution >= 0.6 is 0 Å². The summed E-state index contributed by atoms with van der Waals surface area (Å²) in [7, 11) is 0. The average Bonchev–Trinajstić information content (AvgIpc) is 0.724. The molecule has 0 aliphatic carbocycles. The van der Waals surface area contributed by atoms with Crippen LogP contribution in [0.25, 0.3) is 102 Å². The summed E-state index contributed by atoms with van der Waals surface area (Å²) in [5.74, 6) is 3.64. The molecule has 19 aromatic rings. The van der Waals surface area contributed by atoms with Gasteiger partial charge in [-0.25, -0.2) is 29.9 Å². The van der Waals surface area contributed by atoms with Gasteiger partial charge in [0.2, 0.25) is 0 Å². The van der Waals surface area contributed by atoms with E-state index in [1.54, 1.807) is 0 Å². The summed E-state index contributed by atoms with van der Waals surface area (Å²) >= 11 is 0. The lowest BCUT2D eigenvalue weighted by atomic mass is 9.73. The highest BCUT2D eigenvalue weighted by molar-refractivity contribution is 5.96. The van der Waals surface area contributed by atoms with Crippen molar-refractivity contribution in [3.05, 3.63) is 469 Å².